The van der Waals surface area contributed by atoms with Gasteiger partial charge in [-0.3, -0.25) is 0 Å². The van der Waals surface area contributed by atoms with Crippen molar-refractivity contribution in [2.45, 2.75) is 153 Å². The van der Waals surface area contributed by atoms with Gasteiger partial charge < -0.3 is 0 Å². The molecule has 4 atom stereocenters. The van der Waals surface area contributed by atoms with Gasteiger partial charge in [0.2, 0.25) is 0 Å². The predicted molar refractivity (Wildman–Crippen MR) is 280 cm³/mol. The van der Waals surface area contributed by atoms with E-state index >= 15 is 0 Å². The van der Waals surface area contributed by atoms with Crippen LogP contribution in [-0.2, 0) is 10.8 Å². The van der Waals surface area contributed by atoms with Crippen LogP contribution in [0.1, 0.15) is 176 Å². The molecule has 2 aromatic carbocycles. The van der Waals surface area contributed by atoms with Gasteiger partial charge in [0.25, 0.3) is 0 Å². The molecule has 64 heavy (non-hydrogen) atoms. The Bertz CT molecular complexity index is 2580. The molecule has 0 radical (unpaired) electrons. The van der Waals surface area contributed by atoms with Gasteiger partial charge in [-0.1, -0.05) is 232 Å². The minimum absolute atomic E-state index is 0.0324. The molecule has 0 spiro atoms. The second-order valence-electron chi connectivity index (χ2n) is 25.2. The van der Waals surface area contributed by atoms with Crippen LogP contribution in [-0.4, -0.2) is 0 Å². The van der Waals surface area contributed by atoms with Gasteiger partial charge in [0, 0.05) is 23.2 Å². The smallest absolute Gasteiger partial charge is 0.0155 e. The summed E-state index contributed by atoms with van der Waals surface area (Å²) in [5, 5.41) is 0. The molecule has 0 saturated carbocycles. The van der Waals surface area contributed by atoms with Crippen molar-refractivity contribution in [3.8, 4) is 0 Å². The summed E-state index contributed by atoms with van der Waals surface area (Å²) in [6.45, 7) is 42.2. The van der Waals surface area contributed by atoms with Crippen LogP contribution >= 0.6 is 0 Å². The molecule has 0 nitrogen and oxygen atoms in total. The van der Waals surface area contributed by atoms with Gasteiger partial charge in [-0.2, -0.15) is 0 Å². The third-order valence-corrected chi connectivity index (χ3v) is 16.0. The molecule has 0 fully saturated rings. The Morgan fingerprint density at radius 3 is 2.06 bits per heavy atom. The van der Waals surface area contributed by atoms with Crippen molar-refractivity contribution in [3.05, 3.63) is 182 Å². The van der Waals surface area contributed by atoms with Crippen molar-refractivity contribution in [1.82, 2.24) is 0 Å². The largest absolute Gasteiger partial charge is 0.0988 e. The highest BCUT2D eigenvalue weighted by molar-refractivity contribution is 5.88. The lowest BCUT2D eigenvalue weighted by Crippen LogP contribution is -2.26. The zero-order valence-corrected chi connectivity index (χ0v) is 42.7. The Balaban J connectivity index is 1.25. The van der Waals surface area contributed by atoms with Crippen molar-refractivity contribution in [3.63, 3.8) is 0 Å². The first kappa shape index (κ1) is 46.1. The van der Waals surface area contributed by atoms with E-state index in [4.69, 9.17) is 0 Å². The second-order valence-corrected chi connectivity index (χ2v) is 25.2. The molecule has 0 heterocycles. The van der Waals surface area contributed by atoms with Crippen LogP contribution in [0.5, 0.6) is 0 Å². The predicted octanol–water partition coefficient (Wildman–Crippen LogP) is 18.2. The summed E-state index contributed by atoms with van der Waals surface area (Å²) >= 11 is 0. The molecule has 0 heteroatoms. The molecule has 0 aliphatic heterocycles. The van der Waals surface area contributed by atoms with Gasteiger partial charge in [0.15, 0.2) is 0 Å². The van der Waals surface area contributed by atoms with Gasteiger partial charge in [0.05, 0.1) is 0 Å². The third-order valence-electron chi connectivity index (χ3n) is 16.0. The van der Waals surface area contributed by atoms with E-state index in [9.17, 15) is 0 Å². The van der Waals surface area contributed by atoms with Crippen LogP contribution in [0.25, 0.3) is 16.7 Å². The molecule has 0 aromatic heterocycles. The highest BCUT2D eigenvalue weighted by atomic mass is 14.5. The van der Waals surface area contributed by atoms with Crippen molar-refractivity contribution < 1.29 is 0 Å². The Labute approximate surface area is 390 Å². The quantitative estimate of drug-likeness (QED) is 0.254. The van der Waals surface area contributed by atoms with Gasteiger partial charge in [0.1, 0.15) is 0 Å². The maximum Gasteiger partial charge on any atom is 0.0155 e. The molecule has 0 saturated heterocycles. The summed E-state index contributed by atoms with van der Waals surface area (Å²) in [7, 11) is 0. The van der Waals surface area contributed by atoms with Crippen LogP contribution < -0.4 is 0 Å². The maximum absolute atomic E-state index is 4.22. The molecular weight excluding hydrogens is 769 g/mol. The molecule has 6 aliphatic carbocycles. The average molecular weight is 849 g/mol. The van der Waals surface area contributed by atoms with Crippen molar-refractivity contribution >= 4 is 16.7 Å². The number of allylic oxidation sites excluding steroid dienone is 21. The van der Waals surface area contributed by atoms with E-state index in [2.05, 4.69) is 221 Å². The Morgan fingerprint density at radius 2 is 1.44 bits per heavy atom. The minimum Gasteiger partial charge on any atom is -0.0988 e. The lowest BCUT2D eigenvalue weighted by atomic mass is 9.64. The summed E-state index contributed by atoms with van der Waals surface area (Å²) < 4.78 is 0. The van der Waals surface area contributed by atoms with Gasteiger partial charge >= 0.3 is 0 Å². The Hall–Kier alpha value is -4.42. The summed E-state index contributed by atoms with van der Waals surface area (Å²) in [6.07, 6.45) is 31.2. The number of rotatable bonds is 6. The highest BCUT2D eigenvalue weighted by Gasteiger charge is 2.45. The monoisotopic (exact) mass is 849 g/mol. The molecule has 8 rings (SSSR count). The number of benzene rings is 2. The summed E-state index contributed by atoms with van der Waals surface area (Å²) in [5.41, 5.74) is 24.2. The number of fused-ring (bicyclic) bond motifs is 7. The van der Waals surface area contributed by atoms with E-state index in [0.29, 0.717) is 29.6 Å². The highest BCUT2D eigenvalue weighted by Crippen LogP contribution is 2.59. The van der Waals surface area contributed by atoms with E-state index in [1.54, 1.807) is 33.4 Å². The molecule has 2 aromatic rings. The van der Waals surface area contributed by atoms with Gasteiger partial charge in [-0.05, 0) is 137 Å². The molecule has 6 aliphatic rings. The van der Waals surface area contributed by atoms with Gasteiger partial charge in [-0.25, -0.2) is 0 Å². The van der Waals surface area contributed by atoms with E-state index in [1.807, 2.05) is 0 Å². The fourth-order valence-electron chi connectivity index (χ4n) is 11.6. The van der Waals surface area contributed by atoms with Crippen LogP contribution in [0.3, 0.4) is 0 Å². The van der Waals surface area contributed by atoms with E-state index in [1.165, 1.54) is 55.7 Å². The zero-order chi connectivity index (χ0) is 46.5. The maximum atomic E-state index is 4.22. The summed E-state index contributed by atoms with van der Waals surface area (Å²) in [6, 6.07) is 15.1. The first-order chi connectivity index (χ1) is 29.8. The zero-order valence-electron chi connectivity index (χ0n) is 42.7. The molecular formula is C64H80. The molecule has 0 bridgehead atoms. The SMILES string of the molecule is C=CC(=CC(=CC1=C(c2ccc3c(c2)C2C=CC=CC2C2=C3CCC(C3CC(C(C)(C)C)=CC4=C3c3ccc(C(C)(C)C)cc3C4(C)C)=C2)CC(C(C)(C)C)C=C1)C(C)C)C(C)(C)C. The first-order valence-electron chi connectivity index (χ1n) is 24.8. The number of hydrogen-bond acceptors (Lipinski definition) is 0. The van der Waals surface area contributed by atoms with Crippen molar-refractivity contribution in [2.24, 2.45) is 39.9 Å². The summed E-state index contributed by atoms with van der Waals surface area (Å²) in [5.74, 6) is 1.90. The van der Waals surface area contributed by atoms with Crippen LogP contribution in [0.15, 0.2) is 149 Å². The topological polar surface area (TPSA) is 0 Å². The van der Waals surface area contributed by atoms with Crippen LogP contribution in [0, 0.1) is 39.9 Å². The lowest BCUT2D eigenvalue weighted by molar-refractivity contribution is 0.296. The fourth-order valence-corrected chi connectivity index (χ4v) is 11.6. The van der Waals surface area contributed by atoms with E-state index in [-0.39, 0.29) is 27.1 Å². The summed E-state index contributed by atoms with van der Waals surface area (Å²) in [4.78, 5) is 0. The first-order valence-corrected chi connectivity index (χ1v) is 24.8. The van der Waals surface area contributed by atoms with Crippen molar-refractivity contribution in [2.75, 3.05) is 0 Å². The Kier molecular flexibility index (Phi) is 11.7. The molecule has 0 amide bonds. The van der Waals surface area contributed by atoms with Crippen LogP contribution in [0.2, 0.25) is 0 Å². The second kappa shape index (κ2) is 16.2. The Morgan fingerprint density at radius 1 is 0.750 bits per heavy atom. The van der Waals surface area contributed by atoms with E-state index < -0.39 is 0 Å². The normalized spacial score (nSPS) is 24.6. The average Bonchev–Trinajstić information content (AvgIpc) is 3.45. The fraction of sp³-hybridized carbons (Fsp3) is 0.469. The van der Waals surface area contributed by atoms with Crippen molar-refractivity contribution in [1.29, 1.82) is 0 Å². The molecule has 4 unspecified atom stereocenters. The standard InChI is InChI=1S/C64H80/c1-18-44(60(4,5)6)32-43(39(2)3)31-40-23-26-45(61(7,8)9)35-53(40)41-24-28-50-51-29-25-42(34-56(51)49-22-20-19-21-48(49)55(50)33-41)54-36-47(63(13,14)15)38-58-59(54)52-30-27-46(62(10,11)12)37-57(52)64(58,16)17/h18-24,26-28,30-34,37-39,45,48-49,54H,1,25,29,35-36H2,2-17H3. The molecule has 336 valence electrons. The van der Waals surface area contributed by atoms with Gasteiger partial charge in [-0.15, -0.1) is 0 Å². The lowest BCUT2D eigenvalue weighted by Gasteiger charge is -2.40. The van der Waals surface area contributed by atoms with E-state index in [0.717, 1.165) is 25.7 Å². The number of hydrogen-bond donors (Lipinski definition) is 0. The third kappa shape index (κ3) is 8.35. The minimum atomic E-state index is -0.0373. The van der Waals surface area contributed by atoms with Crippen LogP contribution in [0.4, 0.5) is 0 Å². The molecule has 0 N–H and O–H groups in total.